The Labute approximate surface area is 53.4 Å². The Morgan fingerprint density at radius 1 is 1.62 bits per heavy atom. The van der Waals surface area contributed by atoms with Crippen molar-refractivity contribution in [3.63, 3.8) is 0 Å². The quantitative estimate of drug-likeness (QED) is 0.520. The number of piperidine rings is 1. The monoisotopic (exact) mass is 131 g/mol. The molecule has 1 fully saturated rings. The number of nitrogens with one attached hydrogen (secondary N) is 1. The summed E-state index contributed by atoms with van der Waals surface area (Å²) in [7, 11) is 2.81. The Hall–Kier alpha value is 0.390. The van der Waals surface area contributed by atoms with Crippen molar-refractivity contribution in [2.45, 2.75) is 12.8 Å². The van der Waals surface area contributed by atoms with Crippen LogP contribution in [0.2, 0.25) is 0 Å². The van der Waals surface area contributed by atoms with E-state index in [2.05, 4.69) is 14.6 Å². The van der Waals surface area contributed by atoms with E-state index < -0.39 is 0 Å². The summed E-state index contributed by atoms with van der Waals surface area (Å²) in [5.74, 6) is 0.939. The highest BCUT2D eigenvalue weighted by molar-refractivity contribution is 7.16. The van der Waals surface area contributed by atoms with Gasteiger partial charge in [-0.25, -0.2) is 0 Å². The van der Waals surface area contributed by atoms with Gasteiger partial charge in [-0.3, -0.25) is 0 Å². The average Bonchev–Trinajstić information content (AvgIpc) is 1.90. The van der Waals surface area contributed by atoms with Crippen LogP contribution in [0.4, 0.5) is 0 Å². The Morgan fingerprint density at radius 2 is 2.50 bits per heavy atom. The third-order valence-corrected chi connectivity index (χ3v) is 2.40. The lowest BCUT2D eigenvalue weighted by molar-refractivity contribution is 0.410. The fraction of sp³-hybridized carbons (Fsp3) is 1.00. The molecule has 0 saturated carbocycles. The summed E-state index contributed by atoms with van der Waals surface area (Å²) in [5.41, 5.74) is 0. The van der Waals surface area contributed by atoms with Gasteiger partial charge in [0.1, 0.15) is 0 Å². The van der Waals surface area contributed by atoms with Crippen LogP contribution >= 0.6 is 9.24 Å². The molecule has 1 N–H and O–H groups in total. The van der Waals surface area contributed by atoms with Crippen LogP contribution in [0.3, 0.4) is 0 Å². The van der Waals surface area contributed by atoms with E-state index in [9.17, 15) is 0 Å². The zero-order chi connectivity index (χ0) is 5.82. The van der Waals surface area contributed by atoms with Crippen LogP contribution in [-0.2, 0) is 0 Å². The highest BCUT2D eigenvalue weighted by atomic mass is 31.0. The molecule has 1 nitrogen and oxygen atoms in total. The minimum Gasteiger partial charge on any atom is -0.316 e. The average molecular weight is 131 g/mol. The molecule has 2 atom stereocenters. The molecule has 8 heavy (non-hydrogen) atoms. The highest BCUT2D eigenvalue weighted by Crippen LogP contribution is 2.11. The summed E-state index contributed by atoms with van der Waals surface area (Å²) in [6.07, 6.45) is 4.07. The van der Waals surface area contributed by atoms with Crippen LogP contribution in [0.5, 0.6) is 0 Å². The van der Waals surface area contributed by atoms with Crippen molar-refractivity contribution in [2.75, 3.05) is 19.3 Å². The normalized spacial score (nSPS) is 30.4. The molecule has 1 aliphatic rings. The van der Waals surface area contributed by atoms with Crippen molar-refractivity contribution in [3.8, 4) is 0 Å². The smallest absolute Gasteiger partial charge is 0.00173 e. The van der Waals surface area contributed by atoms with Crippen molar-refractivity contribution in [3.05, 3.63) is 0 Å². The van der Waals surface area contributed by atoms with Gasteiger partial charge < -0.3 is 5.32 Å². The Balaban J connectivity index is 2.13. The van der Waals surface area contributed by atoms with Crippen LogP contribution in [0.1, 0.15) is 12.8 Å². The van der Waals surface area contributed by atoms with E-state index in [-0.39, 0.29) is 0 Å². The van der Waals surface area contributed by atoms with Crippen LogP contribution in [-0.4, -0.2) is 19.3 Å². The molecule has 1 unspecified atom stereocenters. The third kappa shape index (κ3) is 1.72. The Kier molecular flexibility index (Phi) is 2.78. The first kappa shape index (κ1) is 6.51. The van der Waals surface area contributed by atoms with E-state index in [0.717, 1.165) is 5.92 Å². The maximum absolute atomic E-state index is 3.37. The van der Waals surface area contributed by atoms with Crippen LogP contribution in [0.25, 0.3) is 0 Å². The zero-order valence-electron chi connectivity index (χ0n) is 5.19. The van der Waals surface area contributed by atoms with Crippen LogP contribution < -0.4 is 5.32 Å². The molecule has 1 rings (SSSR count). The molecule has 2 heteroatoms. The first-order valence-corrected chi connectivity index (χ1v) is 4.16. The summed E-state index contributed by atoms with van der Waals surface area (Å²) in [4.78, 5) is 0. The molecule has 0 radical (unpaired) electrons. The molecule has 0 aromatic carbocycles. The minimum atomic E-state index is 0.939. The van der Waals surface area contributed by atoms with E-state index in [4.69, 9.17) is 0 Å². The lowest BCUT2D eigenvalue weighted by atomic mass is 10.0. The second-order valence-corrected chi connectivity index (χ2v) is 2.92. The summed E-state index contributed by atoms with van der Waals surface area (Å²) >= 11 is 0. The molecule has 0 spiro atoms. The lowest BCUT2D eigenvalue weighted by Crippen LogP contribution is -2.30. The second kappa shape index (κ2) is 3.42. The van der Waals surface area contributed by atoms with Gasteiger partial charge in [-0.05, 0) is 38.0 Å². The number of hydrogen-bond acceptors (Lipinski definition) is 1. The summed E-state index contributed by atoms with van der Waals surface area (Å²) < 4.78 is 0. The fourth-order valence-electron chi connectivity index (χ4n) is 1.13. The third-order valence-electron chi connectivity index (χ3n) is 1.73. The standard InChI is InChI=1S/C6H14NP/c8-5-6-2-1-3-7-4-6/h6-7H,1-5,8H2/t6-/m0/s1. The lowest BCUT2D eigenvalue weighted by Gasteiger charge is -2.20. The molecule has 0 amide bonds. The van der Waals surface area contributed by atoms with E-state index in [1.807, 2.05) is 0 Å². The largest absolute Gasteiger partial charge is 0.316 e. The second-order valence-electron chi connectivity index (χ2n) is 2.45. The molecular weight excluding hydrogens is 117 g/mol. The van der Waals surface area contributed by atoms with Crippen LogP contribution in [0, 0.1) is 5.92 Å². The van der Waals surface area contributed by atoms with Gasteiger partial charge >= 0.3 is 0 Å². The molecule has 1 heterocycles. The van der Waals surface area contributed by atoms with Gasteiger partial charge in [-0.15, -0.1) is 9.24 Å². The van der Waals surface area contributed by atoms with Crippen LogP contribution in [0.15, 0.2) is 0 Å². The Morgan fingerprint density at radius 3 is 2.88 bits per heavy atom. The van der Waals surface area contributed by atoms with E-state index >= 15 is 0 Å². The van der Waals surface area contributed by atoms with E-state index in [0.29, 0.717) is 0 Å². The van der Waals surface area contributed by atoms with Gasteiger partial charge in [-0.1, -0.05) is 0 Å². The molecule has 1 saturated heterocycles. The molecule has 48 valence electrons. The van der Waals surface area contributed by atoms with Crippen molar-refractivity contribution >= 4 is 9.24 Å². The highest BCUT2D eigenvalue weighted by Gasteiger charge is 2.08. The van der Waals surface area contributed by atoms with Gasteiger partial charge in [-0.2, -0.15) is 0 Å². The fourth-order valence-corrected chi connectivity index (χ4v) is 1.53. The maximum Gasteiger partial charge on any atom is -0.00173 e. The zero-order valence-corrected chi connectivity index (χ0v) is 6.34. The SMILES string of the molecule is PC[C@H]1CCCNC1. The molecule has 0 aromatic heterocycles. The first-order valence-electron chi connectivity index (χ1n) is 3.34. The summed E-state index contributed by atoms with van der Waals surface area (Å²) in [6, 6.07) is 0. The van der Waals surface area contributed by atoms with Crippen molar-refractivity contribution in [1.29, 1.82) is 0 Å². The number of rotatable bonds is 1. The molecule has 1 aliphatic heterocycles. The van der Waals surface area contributed by atoms with Crippen molar-refractivity contribution in [2.24, 2.45) is 5.92 Å². The first-order chi connectivity index (χ1) is 3.93. The molecule has 0 aromatic rings. The van der Waals surface area contributed by atoms with Crippen molar-refractivity contribution < 1.29 is 0 Å². The van der Waals surface area contributed by atoms with E-state index in [1.54, 1.807) is 0 Å². The molecule has 0 aliphatic carbocycles. The minimum absolute atomic E-state index is 0.939. The van der Waals surface area contributed by atoms with Gasteiger partial charge in [0.15, 0.2) is 0 Å². The predicted octanol–water partition coefficient (Wildman–Crippen LogP) is 0.861. The van der Waals surface area contributed by atoms with Crippen molar-refractivity contribution in [1.82, 2.24) is 5.32 Å². The van der Waals surface area contributed by atoms with Gasteiger partial charge in [0, 0.05) is 0 Å². The van der Waals surface area contributed by atoms with Gasteiger partial charge in [0.25, 0.3) is 0 Å². The topological polar surface area (TPSA) is 12.0 Å². The van der Waals surface area contributed by atoms with Gasteiger partial charge in [0.05, 0.1) is 0 Å². The summed E-state index contributed by atoms with van der Waals surface area (Å²) in [6.45, 7) is 2.48. The Bertz CT molecular complexity index is 59.5. The maximum atomic E-state index is 3.37. The molecule has 0 bridgehead atoms. The molecular formula is C6H14NP. The number of hydrogen-bond donors (Lipinski definition) is 1. The van der Waals surface area contributed by atoms with Gasteiger partial charge in [0.2, 0.25) is 0 Å². The summed E-state index contributed by atoms with van der Waals surface area (Å²) in [5, 5.41) is 3.37. The predicted molar refractivity (Wildman–Crippen MR) is 40.2 cm³/mol. The van der Waals surface area contributed by atoms with E-state index in [1.165, 1.54) is 32.1 Å².